The molecule has 158 valence electrons. The molecule has 0 aromatic heterocycles. The fraction of sp³-hybridized carbons (Fsp3) is 0.800. The molecule has 8 heteroatoms. The number of hydrogen-bond donors (Lipinski definition) is 3. The second-order valence-corrected chi connectivity index (χ2v) is 9.81. The highest BCUT2D eigenvalue weighted by Crippen LogP contribution is 2.65. The van der Waals surface area contributed by atoms with Gasteiger partial charge in [0.2, 0.25) is 17.6 Å². The number of ketones is 1. The molecule has 1 aliphatic carbocycles. The van der Waals surface area contributed by atoms with Crippen molar-refractivity contribution < 1.29 is 19.2 Å². The van der Waals surface area contributed by atoms with Crippen LogP contribution in [0.4, 0.5) is 0 Å². The Morgan fingerprint density at radius 3 is 2.25 bits per heavy atom. The number of rotatable bonds is 7. The number of primary amides is 1. The molecular weight excluding hydrogens is 360 g/mol. The molecular formula is C20H34N4O4. The summed E-state index contributed by atoms with van der Waals surface area (Å²) in [6.07, 6.45) is 0.914. The van der Waals surface area contributed by atoms with E-state index in [2.05, 4.69) is 19.2 Å². The van der Waals surface area contributed by atoms with E-state index in [9.17, 15) is 19.2 Å². The maximum atomic E-state index is 13.1. The molecule has 0 radical (unpaired) electrons. The molecule has 8 nitrogen and oxygen atoms in total. The third kappa shape index (κ3) is 3.92. The number of nitrogens with two attached hydrogens (primary N) is 2. The van der Waals surface area contributed by atoms with Gasteiger partial charge in [0.1, 0.15) is 6.04 Å². The van der Waals surface area contributed by atoms with Crippen molar-refractivity contribution in [2.24, 2.45) is 34.1 Å². The van der Waals surface area contributed by atoms with Crippen LogP contribution in [0.2, 0.25) is 0 Å². The van der Waals surface area contributed by atoms with Crippen LogP contribution in [0.5, 0.6) is 0 Å². The van der Waals surface area contributed by atoms with Gasteiger partial charge in [-0.1, -0.05) is 48.0 Å². The maximum absolute atomic E-state index is 13.1. The Hall–Kier alpha value is -1.96. The Morgan fingerprint density at radius 2 is 1.79 bits per heavy atom. The Kier molecular flexibility index (Phi) is 5.95. The molecule has 2 fully saturated rings. The highest BCUT2D eigenvalue weighted by molar-refractivity contribution is 6.37. The molecule has 2 rings (SSSR count). The molecule has 2 aliphatic rings. The van der Waals surface area contributed by atoms with Crippen LogP contribution in [0.15, 0.2) is 0 Å². The van der Waals surface area contributed by atoms with Gasteiger partial charge < -0.3 is 21.7 Å². The first kappa shape index (κ1) is 22.3. The zero-order valence-corrected chi connectivity index (χ0v) is 17.7. The quantitative estimate of drug-likeness (QED) is 0.529. The Labute approximate surface area is 166 Å². The van der Waals surface area contributed by atoms with Gasteiger partial charge in [-0.3, -0.25) is 19.2 Å². The van der Waals surface area contributed by atoms with E-state index in [0.717, 1.165) is 0 Å². The lowest BCUT2D eigenvalue weighted by atomic mass is 9.86. The Balaban J connectivity index is 2.24. The van der Waals surface area contributed by atoms with Crippen molar-refractivity contribution >= 4 is 23.5 Å². The van der Waals surface area contributed by atoms with Gasteiger partial charge >= 0.3 is 0 Å². The van der Waals surface area contributed by atoms with Crippen molar-refractivity contribution in [3.05, 3.63) is 0 Å². The van der Waals surface area contributed by atoms with Crippen molar-refractivity contribution in [1.29, 1.82) is 0 Å². The second kappa shape index (κ2) is 7.46. The van der Waals surface area contributed by atoms with Gasteiger partial charge in [-0.2, -0.15) is 0 Å². The van der Waals surface area contributed by atoms with E-state index in [-0.39, 0.29) is 23.2 Å². The molecule has 1 saturated carbocycles. The van der Waals surface area contributed by atoms with Crippen LogP contribution in [-0.2, 0) is 19.2 Å². The minimum atomic E-state index is -1.07. The summed E-state index contributed by atoms with van der Waals surface area (Å²) in [6, 6.07) is -2.40. The smallest absolute Gasteiger partial charge is 0.287 e. The van der Waals surface area contributed by atoms with Gasteiger partial charge in [0, 0.05) is 6.54 Å². The van der Waals surface area contributed by atoms with E-state index in [0.29, 0.717) is 19.4 Å². The normalized spacial score (nSPS) is 27.5. The molecule has 1 heterocycles. The standard InChI is InChI=1S/C20H34N4O4/c1-7-8-11(14(25)16(22)26)23-17(27)13-12-10(20(12,5)6)9-24(13)18(28)15(21)19(2,3)4/h10-13,15H,7-9,21H2,1-6H3,(H2,22,26)(H,23,27)/t10-,11?,12-,13-,15+/m0/s1. The number of nitrogens with zero attached hydrogens (tertiary/aromatic N) is 1. The topological polar surface area (TPSA) is 136 Å². The monoisotopic (exact) mass is 394 g/mol. The van der Waals surface area contributed by atoms with Crippen LogP contribution < -0.4 is 16.8 Å². The van der Waals surface area contributed by atoms with Crippen LogP contribution >= 0.6 is 0 Å². The molecule has 3 amide bonds. The average molecular weight is 395 g/mol. The number of likely N-dealkylation sites (tertiary alicyclic amines) is 1. The first-order chi connectivity index (χ1) is 12.7. The SMILES string of the molecule is CCCC(NC(=O)[C@@H]1[C@@H]2[C@H](CN1C(=O)[C@@H](N)C(C)(C)C)C2(C)C)C(=O)C(N)=O. The number of hydrogen-bond acceptors (Lipinski definition) is 5. The fourth-order valence-electron chi connectivity index (χ4n) is 4.35. The van der Waals surface area contributed by atoms with Crippen LogP contribution in [0, 0.1) is 22.7 Å². The minimum Gasteiger partial charge on any atom is -0.363 e. The van der Waals surface area contributed by atoms with Gasteiger partial charge in [-0.25, -0.2) is 0 Å². The molecule has 0 aromatic rings. The summed E-state index contributed by atoms with van der Waals surface area (Å²) < 4.78 is 0. The first-order valence-corrected chi connectivity index (χ1v) is 9.95. The summed E-state index contributed by atoms with van der Waals surface area (Å²) in [6.45, 7) is 12.1. The van der Waals surface area contributed by atoms with Crippen molar-refractivity contribution in [3.8, 4) is 0 Å². The zero-order chi connectivity index (χ0) is 21.6. The largest absolute Gasteiger partial charge is 0.363 e. The number of amides is 3. The lowest BCUT2D eigenvalue weighted by molar-refractivity contribution is -0.144. The molecule has 5 atom stereocenters. The molecule has 0 aromatic carbocycles. The van der Waals surface area contributed by atoms with Crippen molar-refractivity contribution in [2.45, 2.75) is 72.5 Å². The molecule has 5 N–H and O–H groups in total. The number of carbonyl (C=O) groups is 4. The van der Waals surface area contributed by atoms with Gasteiger partial charge in [0.15, 0.2) is 0 Å². The first-order valence-electron chi connectivity index (χ1n) is 9.95. The Bertz CT molecular complexity index is 682. The number of nitrogens with one attached hydrogen (secondary N) is 1. The third-order valence-corrected chi connectivity index (χ3v) is 6.41. The van der Waals surface area contributed by atoms with Crippen LogP contribution in [0.1, 0.15) is 54.4 Å². The lowest BCUT2D eigenvalue weighted by Gasteiger charge is -2.36. The van der Waals surface area contributed by atoms with E-state index in [1.54, 1.807) is 4.90 Å². The number of carbonyl (C=O) groups excluding carboxylic acids is 4. The van der Waals surface area contributed by atoms with E-state index < -0.39 is 41.1 Å². The van der Waals surface area contributed by atoms with Gasteiger partial charge in [0.05, 0.1) is 12.1 Å². The van der Waals surface area contributed by atoms with Gasteiger partial charge in [-0.05, 0) is 29.1 Å². The number of piperidine rings is 1. The maximum Gasteiger partial charge on any atom is 0.287 e. The summed E-state index contributed by atoms with van der Waals surface area (Å²) in [5.74, 6) is -2.34. The van der Waals surface area contributed by atoms with E-state index >= 15 is 0 Å². The molecule has 1 saturated heterocycles. The third-order valence-electron chi connectivity index (χ3n) is 6.41. The second-order valence-electron chi connectivity index (χ2n) is 9.81. The summed E-state index contributed by atoms with van der Waals surface area (Å²) in [5, 5.41) is 2.67. The molecule has 28 heavy (non-hydrogen) atoms. The number of Topliss-reactive ketones (excluding diaryl/α,β-unsaturated/α-hetero) is 1. The molecule has 0 bridgehead atoms. The minimum absolute atomic E-state index is 0.00887. The van der Waals surface area contributed by atoms with Crippen molar-refractivity contribution in [2.75, 3.05) is 6.54 Å². The average Bonchev–Trinajstić information content (AvgIpc) is 2.95. The predicted molar refractivity (Wildman–Crippen MR) is 105 cm³/mol. The van der Waals surface area contributed by atoms with Crippen LogP contribution in [0.3, 0.4) is 0 Å². The van der Waals surface area contributed by atoms with E-state index in [1.807, 2.05) is 27.7 Å². The fourth-order valence-corrected chi connectivity index (χ4v) is 4.35. The molecule has 1 unspecified atom stereocenters. The highest BCUT2D eigenvalue weighted by Gasteiger charge is 2.69. The van der Waals surface area contributed by atoms with E-state index in [4.69, 9.17) is 11.5 Å². The van der Waals surface area contributed by atoms with Crippen molar-refractivity contribution in [3.63, 3.8) is 0 Å². The van der Waals surface area contributed by atoms with Crippen molar-refractivity contribution in [1.82, 2.24) is 10.2 Å². The van der Waals surface area contributed by atoms with Gasteiger partial charge in [-0.15, -0.1) is 0 Å². The summed E-state index contributed by atoms with van der Waals surface area (Å²) >= 11 is 0. The predicted octanol–water partition coefficient (Wildman–Crippen LogP) is 0.182. The highest BCUT2D eigenvalue weighted by atomic mass is 16.2. The van der Waals surface area contributed by atoms with Crippen LogP contribution in [0.25, 0.3) is 0 Å². The Morgan fingerprint density at radius 1 is 1.21 bits per heavy atom. The van der Waals surface area contributed by atoms with Gasteiger partial charge in [0.25, 0.3) is 5.91 Å². The molecule has 1 aliphatic heterocycles. The van der Waals surface area contributed by atoms with E-state index in [1.165, 1.54) is 0 Å². The molecule has 0 spiro atoms. The lowest BCUT2D eigenvalue weighted by Crippen LogP contribution is -2.58. The summed E-state index contributed by atoms with van der Waals surface area (Å²) in [4.78, 5) is 51.1. The summed E-state index contributed by atoms with van der Waals surface area (Å²) in [5.41, 5.74) is 10.8. The number of fused-ring (bicyclic) bond motifs is 1. The summed E-state index contributed by atoms with van der Waals surface area (Å²) in [7, 11) is 0. The zero-order valence-electron chi connectivity index (χ0n) is 17.7. The van der Waals surface area contributed by atoms with Crippen LogP contribution in [-0.4, -0.2) is 53.1 Å².